The first-order valence-corrected chi connectivity index (χ1v) is 11.9. The maximum atomic E-state index is 13.0. The second-order valence-electron chi connectivity index (χ2n) is 7.99. The molecule has 8 heteroatoms. The summed E-state index contributed by atoms with van der Waals surface area (Å²) in [5, 5.41) is 7.12. The van der Waals surface area contributed by atoms with Gasteiger partial charge in [-0.15, -0.1) is 0 Å². The van der Waals surface area contributed by atoms with Gasteiger partial charge in [0.2, 0.25) is 0 Å². The van der Waals surface area contributed by atoms with Crippen LogP contribution < -0.4 is 15.5 Å². The molecule has 3 rings (SSSR count). The lowest BCUT2D eigenvalue weighted by molar-refractivity contribution is -0.128. The van der Waals surface area contributed by atoms with Crippen LogP contribution in [-0.4, -0.2) is 68.4 Å². The molecule has 1 fully saturated rings. The zero-order valence-corrected chi connectivity index (χ0v) is 19.7. The third-order valence-corrected chi connectivity index (χ3v) is 5.61. The van der Waals surface area contributed by atoms with Crippen LogP contribution in [0.1, 0.15) is 42.1 Å². The van der Waals surface area contributed by atoms with Crippen molar-refractivity contribution in [2.24, 2.45) is 5.10 Å². The molecule has 1 heterocycles. The summed E-state index contributed by atoms with van der Waals surface area (Å²) in [5.74, 6) is 0.510. The molecule has 2 N–H and O–H groups in total. The number of ether oxygens (including phenoxy) is 2. The molecule has 182 valence electrons. The number of hydrogen-bond donors (Lipinski definition) is 2. The van der Waals surface area contributed by atoms with E-state index in [9.17, 15) is 9.59 Å². The van der Waals surface area contributed by atoms with Crippen molar-refractivity contribution in [3.05, 3.63) is 65.7 Å². The van der Waals surface area contributed by atoms with E-state index < -0.39 is 0 Å². The average molecular weight is 467 g/mol. The lowest BCUT2D eigenvalue weighted by Gasteiger charge is -2.33. The molecule has 1 aliphatic heterocycles. The average Bonchev–Trinajstić information content (AvgIpc) is 2.88. The minimum atomic E-state index is -0.298. The van der Waals surface area contributed by atoms with Crippen LogP contribution in [0, 0.1) is 0 Å². The van der Waals surface area contributed by atoms with Crippen molar-refractivity contribution >= 4 is 18.0 Å². The highest BCUT2D eigenvalue weighted by atomic mass is 16.5. The first kappa shape index (κ1) is 25.4. The summed E-state index contributed by atoms with van der Waals surface area (Å²) in [7, 11) is 0. The highest BCUT2D eigenvalue weighted by Crippen LogP contribution is 2.16. The van der Waals surface area contributed by atoms with Gasteiger partial charge in [-0.05, 0) is 50.5 Å². The summed E-state index contributed by atoms with van der Waals surface area (Å²) in [6.07, 6.45) is 3.88. The van der Waals surface area contributed by atoms with Crippen LogP contribution in [0.5, 0.6) is 5.75 Å². The molecule has 1 saturated heterocycles. The number of hydrazone groups is 1. The van der Waals surface area contributed by atoms with Crippen LogP contribution in [0.15, 0.2) is 59.7 Å². The number of amides is 2. The molecular weight excluding hydrogens is 432 g/mol. The fourth-order valence-corrected chi connectivity index (χ4v) is 3.84. The lowest BCUT2D eigenvalue weighted by atomic mass is 10.1. The molecule has 0 aliphatic carbocycles. The minimum Gasteiger partial charge on any atom is -0.493 e. The Labute approximate surface area is 201 Å². The number of carbonyl (C=O) groups is 2. The molecule has 0 saturated carbocycles. The van der Waals surface area contributed by atoms with Gasteiger partial charge < -0.3 is 14.8 Å². The Morgan fingerprint density at radius 1 is 1.09 bits per heavy atom. The molecule has 2 aromatic rings. The third kappa shape index (κ3) is 7.97. The summed E-state index contributed by atoms with van der Waals surface area (Å²) < 4.78 is 11.1. The molecule has 0 aromatic heterocycles. The largest absolute Gasteiger partial charge is 0.493 e. The lowest BCUT2D eigenvalue weighted by Crippen LogP contribution is -2.50. The zero-order chi connectivity index (χ0) is 24.0. The molecule has 1 aliphatic rings. The maximum absolute atomic E-state index is 13.0. The second kappa shape index (κ2) is 14.1. The van der Waals surface area contributed by atoms with Crippen molar-refractivity contribution in [3.63, 3.8) is 0 Å². The normalized spacial score (nSPS) is 15.1. The maximum Gasteiger partial charge on any atom is 0.257 e. The van der Waals surface area contributed by atoms with Crippen LogP contribution >= 0.6 is 0 Å². The van der Waals surface area contributed by atoms with Crippen LogP contribution in [0.25, 0.3) is 0 Å². The predicted molar refractivity (Wildman–Crippen MR) is 132 cm³/mol. The number of unbranched alkanes of at least 4 members (excludes halogenated alkanes) is 1. The van der Waals surface area contributed by atoms with Gasteiger partial charge in [0.1, 0.15) is 5.75 Å². The third-order valence-electron chi connectivity index (χ3n) is 5.61. The van der Waals surface area contributed by atoms with Crippen molar-refractivity contribution < 1.29 is 19.1 Å². The minimum absolute atomic E-state index is 0.0789. The first-order chi connectivity index (χ1) is 16.7. The summed E-state index contributed by atoms with van der Waals surface area (Å²) in [6, 6.07) is 16.4. The van der Waals surface area contributed by atoms with E-state index >= 15 is 0 Å². The number of para-hydroxylation sites is 1. The van der Waals surface area contributed by atoms with Gasteiger partial charge in [0.05, 0.1) is 32.1 Å². The predicted octanol–water partition coefficient (Wildman–Crippen LogP) is 2.84. The molecular formula is C26H34N4O4. The molecule has 2 aromatic carbocycles. The van der Waals surface area contributed by atoms with Gasteiger partial charge in [-0.3, -0.25) is 14.5 Å². The molecule has 0 radical (unpaired) electrons. The summed E-state index contributed by atoms with van der Waals surface area (Å²) in [6.45, 7) is 5.69. The molecule has 0 spiro atoms. The van der Waals surface area contributed by atoms with Gasteiger partial charge in [-0.1, -0.05) is 30.3 Å². The Bertz CT molecular complexity index is 929. The molecule has 1 atom stereocenters. The number of benzene rings is 2. The van der Waals surface area contributed by atoms with Gasteiger partial charge in [-0.25, -0.2) is 5.43 Å². The molecule has 34 heavy (non-hydrogen) atoms. The number of carbonyl (C=O) groups excluding carboxylic acids is 2. The Balaban J connectivity index is 1.50. The van der Waals surface area contributed by atoms with Crippen LogP contribution in [0.2, 0.25) is 0 Å². The van der Waals surface area contributed by atoms with E-state index in [0.29, 0.717) is 51.4 Å². The van der Waals surface area contributed by atoms with Crippen molar-refractivity contribution in [1.82, 2.24) is 15.6 Å². The Morgan fingerprint density at radius 2 is 1.82 bits per heavy atom. The fourth-order valence-electron chi connectivity index (χ4n) is 3.84. The number of morpholine rings is 1. The monoisotopic (exact) mass is 466 g/mol. The second-order valence-corrected chi connectivity index (χ2v) is 7.99. The summed E-state index contributed by atoms with van der Waals surface area (Å²) in [4.78, 5) is 27.3. The highest BCUT2D eigenvalue weighted by Gasteiger charge is 2.26. The van der Waals surface area contributed by atoms with Gasteiger partial charge >= 0.3 is 0 Å². The Kier molecular flexibility index (Phi) is 10.5. The van der Waals surface area contributed by atoms with E-state index in [1.54, 1.807) is 18.3 Å². The zero-order valence-electron chi connectivity index (χ0n) is 19.7. The quantitative estimate of drug-likeness (QED) is 0.285. The molecule has 8 nitrogen and oxygen atoms in total. The SMILES string of the molecule is CCOc1ccccc1/C=N/NC(=O)C(CCCCNC(=O)c1ccccc1)N1CCOCC1. The molecule has 1 unspecified atom stereocenters. The summed E-state index contributed by atoms with van der Waals surface area (Å²) in [5.41, 5.74) is 4.16. The van der Waals surface area contributed by atoms with Crippen LogP contribution in [0.3, 0.4) is 0 Å². The highest BCUT2D eigenvalue weighted by molar-refractivity contribution is 5.94. The van der Waals surface area contributed by atoms with Gasteiger partial charge in [0, 0.05) is 30.8 Å². The number of nitrogens with one attached hydrogen (secondary N) is 2. The number of nitrogens with zero attached hydrogens (tertiary/aromatic N) is 2. The van der Waals surface area contributed by atoms with E-state index in [4.69, 9.17) is 9.47 Å². The first-order valence-electron chi connectivity index (χ1n) is 11.9. The van der Waals surface area contributed by atoms with Crippen molar-refractivity contribution in [1.29, 1.82) is 0 Å². The van der Waals surface area contributed by atoms with E-state index in [1.165, 1.54) is 0 Å². The van der Waals surface area contributed by atoms with E-state index in [0.717, 1.165) is 24.2 Å². The Hall–Kier alpha value is -3.23. The topological polar surface area (TPSA) is 92.3 Å². The van der Waals surface area contributed by atoms with Gasteiger partial charge in [0.25, 0.3) is 11.8 Å². The molecule has 2 amide bonds. The van der Waals surface area contributed by atoms with Gasteiger partial charge in [-0.2, -0.15) is 5.10 Å². The van der Waals surface area contributed by atoms with Crippen LogP contribution in [-0.2, 0) is 9.53 Å². The summed E-state index contributed by atoms with van der Waals surface area (Å²) >= 11 is 0. The van der Waals surface area contributed by atoms with Crippen LogP contribution in [0.4, 0.5) is 0 Å². The van der Waals surface area contributed by atoms with Crippen molar-refractivity contribution in [2.45, 2.75) is 32.2 Å². The van der Waals surface area contributed by atoms with E-state index in [1.807, 2.05) is 49.4 Å². The Morgan fingerprint density at radius 3 is 2.59 bits per heavy atom. The molecule has 0 bridgehead atoms. The van der Waals surface area contributed by atoms with Gasteiger partial charge in [0.15, 0.2) is 0 Å². The fraction of sp³-hybridized carbons (Fsp3) is 0.423. The van der Waals surface area contributed by atoms with Crippen molar-refractivity contribution in [3.8, 4) is 5.75 Å². The van der Waals surface area contributed by atoms with E-state index in [2.05, 4.69) is 20.7 Å². The van der Waals surface area contributed by atoms with Crippen molar-refractivity contribution in [2.75, 3.05) is 39.5 Å². The smallest absolute Gasteiger partial charge is 0.257 e. The van der Waals surface area contributed by atoms with E-state index in [-0.39, 0.29) is 17.9 Å². The number of rotatable bonds is 12. The number of hydrogen-bond acceptors (Lipinski definition) is 6. The standard InChI is InChI=1S/C26H34N4O4/c1-2-34-24-14-7-6-12-22(24)20-28-29-26(32)23(30-16-18-33-19-17-30)13-8-9-15-27-25(31)21-10-4-3-5-11-21/h3-7,10-12,14,20,23H,2,8-9,13,15-19H2,1H3,(H,27,31)(H,29,32)/b28-20+.